The molecule has 0 spiro atoms. The van der Waals surface area contributed by atoms with E-state index in [9.17, 15) is 9.90 Å². The third-order valence-corrected chi connectivity index (χ3v) is 5.52. The van der Waals surface area contributed by atoms with Crippen LogP contribution in [0.15, 0.2) is 0 Å². The van der Waals surface area contributed by atoms with E-state index in [0.717, 1.165) is 57.8 Å². The van der Waals surface area contributed by atoms with Gasteiger partial charge in [-0.2, -0.15) is 0 Å². The molecule has 2 unspecified atom stereocenters. The third-order valence-electron chi connectivity index (χ3n) is 5.52. The fraction of sp³-hybridized carbons (Fsp3) is 0.938. The Labute approximate surface area is 127 Å². The Morgan fingerprint density at radius 3 is 2.48 bits per heavy atom. The number of carbonyl (C=O) groups is 1. The van der Waals surface area contributed by atoms with E-state index in [2.05, 4.69) is 9.80 Å². The van der Waals surface area contributed by atoms with Crippen LogP contribution in [0.2, 0.25) is 0 Å². The second-order valence-corrected chi connectivity index (χ2v) is 6.86. The van der Waals surface area contributed by atoms with Gasteiger partial charge in [0.1, 0.15) is 6.04 Å². The van der Waals surface area contributed by atoms with Crippen LogP contribution in [-0.2, 0) is 9.53 Å². The number of rotatable bonds is 6. The lowest BCUT2D eigenvalue weighted by Gasteiger charge is -2.41. The Morgan fingerprint density at radius 1 is 1.19 bits per heavy atom. The number of methoxy groups -OCH3 is 1. The maximum Gasteiger partial charge on any atom is 0.320 e. The summed E-state index contributed by atoms with van der Waals surface area (Å²) in [5.41, 5.74) is 0. The summed E-state index contributed by atoms with van der Waals surface area (Å²) >= 11 is 0. The minimum absolute atomic E-state index is 0.236. The highest BCUT2D eigenvalue weighted by atomic mass is 16.5. The van der Waals surface area contributed by atoms with Gasteiger partial charge in [0.25, 0.3) is 0 Å². The molecule has 1 N–H and O–H groups in total. The Kier molecular flexibility index (Phi) is 4.82. The lowest BCUT2D eigenvalue weighted by Crippen LogP contribution is -2.52. The van der Waals surface area contributed by atoms with Crippen LogP contribution in [0.25, 0.3) is 0 Å². The first-order valence-electron chi connectivity index (χ1n) is 8.42. The molecule has 2 aliphatic heterocycles. The fourth-order valence-corrected chi connectivity index (χ4v) is 4.23. The predicted octanol–water partition coefficient (Wildman–Crippen LogP) is 1.42. The van der Waals surface area contributed by atoms with Crippen molar-refractivity contribution in [1.29, 1.82) is 0 Å². The summed E-state index contributed by atoms with van der Waals surface area (Å²) in [4.78, 5) is 16.2. The van der Waals surface area contributed by atoms with Gasteiger partial charge in [-0.15, -0.1) is 0 Å². The van der Waals surface area contributed by atoms with Crippen molar-refractivity contribution in [2.75, 3.05) is 33.4 Å². The number of piperidine rings is 1. The minimum Gasteiger partial charge on any atom is -0.480 e. The van der Waals surface area contributed by atoms with E-state index in [4.69, 9.17) is 4.74 Å². The molecule has 2 saturated heterocycles. The van der Waals surface area contributed by atoms with Crippen LogP contribution in [0.5, 0.6) is 0 Å². The number of hydrogen-bond acceptors (Lipinski definition) is 4. The van der Waals surface area contributed by atoms with Crippen LogP contribution in [0, 0.1) is 5.92 Å². The van der Waals surface area contributed by atoms with Crippen LogP contribution >= 0.6 is 0 Å². The molecule has 2 atom stereocenters. The Morgan fingerprint density at radius 2 is 1.90 bits per heavy atom. The zero-order valence-electron chi connectivity index (χ0n) is 13.0. The van der Waals surface area contributed by atoms with Crippen molar-refractivity contribution in [3.63, 3.8) is 0 Å². The van der Waals surface area contributed by atoms with Crippen LogP contribution in [0.3, 0.4) is 0 Å². The minimum atomic E-state index is -0.634. The summed E-state index contributed by atoms with van der Waals surface area (Å²) in [6.45, 7) is 4.00. The quantitative estimate of drug-likeness (QED) is 0.803. The summed E-state index contributed by atoms with van der Waals surface area (Å²) in [5.74, 6) is 0.199. The average molecular weight is 296 g/mol. The number of hydrogen-bond donors (Lipinski definition) is 1. The molecule has 0 radical (unpaired) electrons. The first-order chi connectivity index (χ1) is 10.2. The molecule has 1 aliphatic carbocycles. The number of carboxylic acid groups (broad SMARTS) is 1. The van der Waals surface area contributed by atoms with Crippen LogP contribution in [-0.4, -0.2) is 72.4 Å². The van der Waals surface area contributed by atoms with Crippen molar-refractivity contribution in [2.24, 2.45) is 5.92 Å². The summed E-state index contributed by atoms with van der Waals surface area (Å²) in [6.07, 6.45) is 6.77. The SMILES string of the molecule is COCC(C1CC1)N1CCC(N2CCCC2C(=O)O)CC1. The lowest BCUT2D eigenvalue weighted by molar-refractivity contribution is -0.143. The van der Waals surface area contributed by atoms with E-state index in [1.165, 1.54) is 12.8 Å². The highest BCUT2D eigenvalue weighted by Crippen LogP contribution is 2.37. The van der Waals surface area contributed by atoms with Crippen molar-refractivity contribution < 1.29 is 14.6 Å². The van der Waals surface area contributed by atoms with Gasteiger partial charge < -0.3 is 9.84 Å². The van der Waals surface area contributed by atoms with Crippen molar-refractivity contribution in [3.8, 4) is 0 Å². The number of carboxylic acids is 1. The zero-order valence-corrected chi connectivity index (χ0v) is 13.0. The van der Waals surface area contributed by atoms with E-state index < -0.39 is 5.97 Å². The Bertz CT molecular complexity index is 365. The molecule has 3 fully saturated rings. The molecule has 0 aromatic carbocycles. The molecule has 5 nitrogen and oxygen atoms in total. The van der Waals surface area contributed by atoms with Crippen LogP contribution in [0.4, 0.5) is 0 Å². The summed E-state index contributed by atoms with van der Waals surface area (Å²) in [5, 5.41) is 9.34. The third kappa shape index (κ3) is 3.41. The fourth-order valence-electron chi connectivity index (χ4n) is 4.23. The first kappa shape index (κ1) is 15.3. The standard InChI is InChI=1S/C16H28N2O3/c1-21-11-15(12-4-5-12)17-9-6-13(7-10-17)18-8-2-3-14(18)16(19)20/h12-15H,2-11H2,1H3,(H,19,20). The molecule has 0 aromatic rings. The summed E-state index contributed by atoms with van der Waals surface area (Å²) < 4.78 is 5.40. The van der Waals surface area contributed by atoms with Gasteiger partial charge in [-0.05, 0) is 51.0 Å². The van der Waals surface area contributed by atoms with Gasteiger partial charge in [-0.25, -0.2) is 0 Å². The molecule has 0 amide bonds. The Balaban J connectivity index is 1.53. The van der Waals surface area contributed by atoms with Gasteiger partial charge in [0, 0.05) is 32.3 Å². The van der Waals surface area contributed by atoms with Gasteiger partial charge in [-0.3, -0.25) is 14.6 Å². The topological polar surface area (TPSA) is 53.0 Å². The van der Waals surface area contributed by atoms with E-state index in [0.29, 0.717) is 12.1 Å². The number of aliphatic carboxylic acids is 1. The molecular weight excluding hydrogens is 268 g/mol. The molecule has 3 aliphatic rings. The second-order valence-electron chi connectivity index (χ2n) is 6.86. The van der Waals surface area contributed by atoms with Gasteiger partial charge in [-0.1, -0.05) is 0 Å². The average Bonchev–Trinajstić information content (AvgIpc) is 3.20. The Hall–Kier alpha value is -0.650. The van der Waals surface area contributed by atoms with Crippen LogP contribution < -0.4 is 0 Å². The molecule has 1 saturated carbocycles. The highest BCUT2D eigenvalue weighted by molar-refractivity contribution is 5.73. The van der Waals surface area contributed by atoms with E-state index in [1.807, 2.05) is 0 Å². The molecule has 120 valence electrons. The predicted molar refractivity (Wildman–Crippen MR) is 80.3 cm³/mol. The van der Waals surface area contributed by atoms with Gasteiger partial charge in [0.05, 0.1) is 6.61 Å². The molecule has 2 heterocycles. The first-order valence-corrected chi connectivity index (χ1v) is 8.42. The van der Waals surface area contributed by atoms with Gasteiger partial charge >= 0.3 is 5.97 Å². The number of nitrogens with zero attached hydrogens (tertiary/aromatic N) is 2. The van der Waals surface area contributed by atoms with Crippen LogP contribution in [0.1, 0.15) is 38.5 Å². The highest BCUT2D eigenvalue weighted by Gasteiger charge is 2.40. The smallest absolute Gasteiger partial charge is 0.320 e. The zero-order chi connectivity index (χ0) is 14.8. The van der Waals surface area contributed by atoms with Crippen molar-refractivity contribution in [3.05, 3.63) is 0 Å². The molecular formula is C16H28N2O3. The van der Waals surface area contributed by atoms with Gasteiger partial charge in [0.15, 0.2) is 0 Å². The largest absolute Gasteiger partial charge is 0.480 e. The molecule has 21 heavy (non-hydrogen) atoms. The monoisotopic (exact) mass is 296 g/mol. The second kappa shape index (κ2) is 6.63. The molecule has 0 aromatic heterocycles. The number of ether oxygens (including phenoxy) is 1. The van der Waals surface area contributed by atoms with Crippen molar-refractivity contribution in [2.45, 2.75) is 56.7 Å². The van der Waals surface area contributed by atoms with Crippen molar-refractivity contribution in [1.82, 2.24) is 9.80 Å². The molecule has 3 rings (SSSR count). The normalized spacial score (nSPS) is 30.6. The van der Waals surface area contributed by atoms with E-state index >= 15 is 0 Å². The van der Waals surface area contributed by atoms with Crippen molar-refractivity contribution >= 4 is 5.97 Å². The van der Waals surface area contributed by atoms with E-state index in [-0.39, 0.29) is 6.04 Å². The maximum atomic E-state index is 11.3. The summed E-state index contributed by atoms with van der Waals surface area (Å²) in [7, 11) is 1.80. The summed E-state index contributed by atoms with van der Waals surface area (Å²) in [6, 6.07) is 0.816. The lowest BCUT2D eigenvalue weighted by atomic mass is 9.99. The number of likely N-dealkylation sites (tertiary alicyclic amines) is 2. The molecule has 0 bridgehead atoms. The van der Waals surface area contributed by atoms with Gasteiger partial charge in [0.2, 0.25) is 0 Å². The molecule has 5 heteroatoms. The maximum absolute atomic E-state index is 11.3. The van der Waals surface area contributed by atoms with E-state index in [1.54, 1.807) is 7.11 Å².